The second-order valence-corrected chi connectivity index (χ2v) is 7.10. The Hall–Kier alpha value is -3.52. The van der Waals surface area contributed by atoms with E-state index in [1.165, 1.54) is 12.1 Å². The van der Waals surface area contributed by atoms with Crippen molar-refractivity contribution < 1.29 is 18.0 Å². The Balaban J connectivity index is 1.52. The van der Waals surface area contributed by atoms with E-state index in [4.69, 9.17) is 0 Å². The average molecular weight is 478 g/mol. The molecule has 0 aliphatic carbocycles. The lowest BCUT2D eigenvalue weighted by Crippen LogP contribution is -2.34. The Morgan fingerprint density at radius 2 is 1.69 bits per heavy atom. The van der Waals surface area contributed by atoms with Crippen LogP contribution < -0.4 is 16.2 Å². The van der Waals surface area contributed by atoms with Crippen molar-refractivity contribution in [3.05, 3.63) is 54.4 Å². The van der Waals surface area contributed by atoms with E-state index in [1.54, 1.807) is 41.0 Å². The predicted molar refractivity (Wildman–Crippen MR) is 116 cm³/mol. The van der Waals surface area contributed by atoms with Crippen LogP contribution >= 0.6 is 25.3 Å². The molecule has 0 saturated heterocycles. The highest BCUT2D eigenvalue weighted by Gasteiger charge is 2.35. The van der Waals surface area contributed by atoms with Gasteiger partial charge in [0.25, 0.3) is 0 Å². The van der Waals surface area contributed by atoms with Gasteiger partial charge in [-0.1, -0.05) is 18.2 Å². The largest absolute Gasteiger partial charge is 0.451 e. The number of benzene rings is 2. The van der Waals surface area contributed by atoms with E-state index >= 15 is 0 Å². The Bertz CT molecular complexity index is 1290. The number of hydrazine groups is 1. The smallest absolute Gasteiger partial charge is 0.307 e. The van der Waals surface area contributed by atoms with Gasteiger partial charge in [0.1, 0.15) is 0 Å². The number of carbonyl (C=O) groups excluding carboxylic acids is 1. The zero-order valence-electron chi connectivity index (χ0n) is 15.8. The second kappa shape index (κ2) is 8.55. The van der Waals surface area contributed by atoms with Gasteiger partial charge in [-0.25, -0.2) is 14.8 Å². The van der Waals surface area contributed by atoms with Crippen molar-refractivity contribution >= 4 is 53.7 Å². The van der Waals surface area contributed by atoms with E-state index in [1.807, 2.05) is 0 Å². The number of aromatic nitrogens is 5. The van der Waals surface area contributed by atoms with Gasteiger partial charge in [-0.05, 0) is 30.3 Å². The van der Waals surface area contributed by atoms with Crippen LogP contribution in [0.3, 0.4) is 0 Å². The number of nitrogens with zero attached hydrogens (tertiary/aromatic N) is 5. The zero-order valence-corrected chi connectivity index (χ0v) is 17.6. The van der Waals surface area contributed by atoms with Crippen LogP contribution in [-0.2, 0) is 6.18 Å². The number of anilines is 2. The summed E-state index contributed by atoms with van der Waals surface area (Å²) in [7, 11) is 0. The molecule has 0 spiro atoms. The number of para-hydroxylation sites is 1. The van der Waals surface area contributed by atoms with Gasteiger partial charge in [0.15, 0.2) is 16.1 Å². The molecule has 0 atom stereocenters. The molecule has 2 heterocycles. The van der Waals surface area contributed by atoms with Crippen molar-refractivity contribution in [3.8, 4) is 5.69 Å². The maximum atomic E-state index is 13.1. The number of urea groups is 1. The van der Waals surface area contributed by atoms with Gasteiger partial charge < -0.3 is 5.32 Å². The molecule has 0 aliphatic rings. The molecular formula is C18H13F3N8OS2. The highest BCUT2D eigenvalue weighted by molar-refractivity contribution is 7.80. The van der Waals surface area contributed by atoms with Crippen molar-refractivity contribution in [2.75, 3.05) is 10.7 Å². The maximum absolute atomic E-state index is 13.1. The molecule has 4 aromatic rings. The lowest BCUT2D eigenvalue weighted by Gasteiger charge is -2.14. The van der Waals surface area contributed by atoms with Crippen LogP contribution in [0.1, 0.15) is 5.82 Å². The number of hydrogen-bond donors (Lipinski definition) is 5. The number of thiol groups is 2. The van der Waals surface area contributed by atoms with Crippen molar-refractivity contribution in [3.63, 3.8) is 0 Å². The van der Waals surface area contributed by atoms with Crippen LogP contribution in [0.4, 0.5) is 29.5 Å². The monoisotopic (exact) mass is 478 g/mol. The fourth-order valence-corrected chi connectivity index (χ4v) is 3.39. The number of fused-ring (bicyclic) bond motifs is 1. The number of carbonyl (C=O) groups is 1. The number of hydrogen-bond acceptors (Lipinski definition) is 8. The van der Waals surface area contributed by atoms with Crippen LogP contribution in [0.25, 0.3) is 16.6 Å². The predicted octanol–water partition coefficient (Wildman–Crippen LogP) is 3.96. The van der Waals surface area contributed by atoms with E-state index in [0.717, 1.165) is 0 Å². The van der Waals surface area contributed by atoms with Crippen LogP contribution in [0.5, 0.6) is 0 Å². The molecule has 9 nitrogen and oxygen atoms in total. The summed E-state index contributed by atoms with van der Waals surface area (Å²) in [5.74, 6) is -1.52. The van der Waals surface area contributed by atoms with Crippen LogP contribution in [0, 0.1) is 0 Å². The molecule has 0 saturated carbocycles. The minimum absolute atomic E-state index is 0.0753. The van der Waals surface area contributed by atoms with Crippen molar-refractivity contribution in [2.24, 2.45) is 0 Å². The summed E-state index contributed by atoms with van der Waals surface area (Å²) in [6.45, 7) is 0. The first-order chi connectivity index (χ1) is 15.2. The average Bonchev–Trinajstić information content (AvgIpc) is 3.09. The molecule has 164 valence electrons. The summed E-state index contributed by atoms with van der Waals surface area (Å²) in [4.78, 5) is 19.3. The number of halogens is 3. The lowest BCUT2D eigenvalue weighted by molar-refractivity contribution is -0.144. The van der Waals surface area contributed by atoms with Gasteiger partial charge >= 0.3 is 12.2 Å². The van der Waals surface area contributed by atoms with E-state index in [9.17, 15) is 18.0 Å². The summed E-state index contributed by atoms with van der Waals surface area (Å²) < 4.78 is 40.9. The summed E-state index contributed by atoms with van der Waals surface area (Å²) in [5.41, 5.74) is 5.75. The molecule has 0 bridgehead atoms. The quantitative estimate of drug-likeness (QED) is 0.224. The second-order valence-electron chi connectivity index (χ2n) is 6.30. The van der Waals surface area contributed by atoms with E-state index in [2.05, 4.69) is 61.6 Å². The zero-order chi connectivity index (χ0) is 22.9. The maximum Gasteiger partial charge on any atom is 0.451 e. The van der Waals surface area contributed by atoms with Gasteiger partial charge in [-0.15, -0.1) is 35.5 Å². The van der Waals surface area contributed by atoms with Gasteiger partial charge in [-0.2, -0.15) is 13.2 Å². The normalized spacial score (nSPS) is 11.4. The fourth-order valence-electron chi connectivity index (χ4n) is 2.80. The van der Waals surface area contributed by atoms with Crippen molar-refractivity contribution in [2.45, 2.75) is 16.5 Å². The van der Waals surface area contributed by atoms with E-state index in [0.29, 0.717) is 27.1 Å². The molecule has 4 rings (SSSR count). The van der Waals surface area contributed by atoms with Crippen LogP contribution in [0.15, 0.2) is 58.8 Å². The molecule has 0 aliphatic heterocycles. The minimum Gasteiger partial charge on any atom is -0.307 e. The van der Waals surface area contributed by atoms with Crippen LogP contribution in [-0.4, -0.2) is 30.8 Å². The number of amides is 2. The molecule has 32 heavy (non-hydrogen) atoms. The SMILES string of the molecule is O=C(NNc1nc(C(F)(F)F)nc2ccccc12)Nc1cccc(-n2c(S)nnc2S)c1. The Morgan fingerprint density at radius 1 is 0.969 bits per heavy atom. The van der Waals surface area contributed by atoms with E-state index < -0.39 is 18.0 Å². The highest BCUT2D eigenvalue weighted by Crippen LogP contribution is 2.30. The van der Waals surface area contributed by atoms with Crippen molar-refractivity contribution in [1.82, 2.24) is 30.2 Å². The molecule has 2 aromatic carbocycles. The third kappa shape index (κ3) is 4.55. The summed E-state index contributed by atoms with van der Waals surface area (Å²) in [6.07, 6.45) is -4.75. The highest BCUT2D eigenvalue weighted by atomic mass is 32.1. The first-order valence-electron chi connectivity index (χ1n) is 8.83. The third-order valence-corrected chi connectivity index (χ3v) is 4.72. The number of alkyl halides is 3. The molecule has 0 fully saturated rings. The molecule has 2 aromatic heterocycles. The molecule has 2 amide bonds. The summed E-state index contributed by atoms with van der Waals surface area (Å²) in [5, 5.41) is 11.1. The van der Waals surface area contributed by atoms with Crippen LogP contribution in [0.2, 0.25) is 0 Å². The first-order valence-corrected chi connectivity index (χ1v) is 9.72. The Labute approximate surface area is 189 Å². The third-order valence-electron chi connectivity index (χ3n) is 4.14. The molecule has 0 unspecified atom stereocenters. The Morgan fingerprint density at radius 3 is 2.41 bits per heavy atom. The van der Waals surface area contributed by atoms with Crippen molar-refractivity contribution in [1.29, 1.82) is 0 Å². The van der Waals surface area contributed by atoms with Gasteiger partial charge in [0, 0.05) is 11.1 Å². The number of nitrogens with one attached hydrogen (secondary N) is 3. The molecule has 14 heteroatoms. The van der Waals surface area contributed by atoms with Gasteiger partial charge in [-0.3, -0.25) is 15.4 Å². The van der Waals surface area contributed by atoms with Gasteiger partial charge in [0.05, 0.1) is 11.2 Å². The summed E-state index contributed by atoms with van der Waals surface area (Å²) >= 11 is 8.41. The molecule has 0 radical (unpaired) electrons. The minimum atomic E-state index is -4.75. The van der Waals surface area contributed by atoms with E-state index in [-0.39, 0.29) is 11.3 Å². The lowest BCUT2D eigenvalue weighted by atomic mass is 10.2. The molecule has 3 N–H and O–H groups in total. The standard InChI is InChI=1S/C18H13F3N8OS2/c19-18(20,21)14-23-12-7-2-1-6-11(12)13(24-14)25-26-15(30)22-9-4-3-5-10(8-9)29-16(31)27-28-17(29)32/h1-8H,(H,27,31)(H,28,32)(H2,22,26,30)(H,23,24,25). The first kappa shape index (κ1) is 21.7. The topological polar surface area (TPSA) is 110 Å². The fraction of sp³-hybridized carbons (Fsp3) is 0.0556. The van der Waals surface area contributed by atoms with Gasteiger partial charge in [0.2, 0.25) is 5.82 Å². The Kier molecular flexibility index (Phi) is 5.80. The summed E-state index contributed by atoms with van der Waals surface area (Å²) in [6, 6.07) is 12.0. The molecular weight excluding hydrogens is 465 g/mol. The number of rotatable bonds is 4.